The molecule has 0 bridgehead atoms. The van der Waals surface area contributed by atoms with Gasteiger partial charge in [-0.15, -0.1) is 6.42 Å². The van der Waals surface area contributed by atoms with Gasteiger partial charge in [0.25, 0.3) is 5.91 Å². The van der Waals surface area contributed by atoms with Crippen LogP contribution in [0.4, 0.5) is 5.69 Å². The number of amides is 2. The fraction of sp³-hybridized carbons (Fsp3) is 0.111. The molecule has 0 aliphatic carbocycles. The minimum atomic E-state index is -0.365. The number of benzene rings is 1. The van der Waals surface area contributed by atoms with E-state index in [-0.39, 0.29) is 18.4 Å². The lowest BCUT2D eigenvalue weighted by atomic mass is 10.1. The molecule has 23 heavy (non-hydrogen) atoms. The van der Waals surface area contributed by atoms with Crippen LogP contribution in [0.15, 0.2) is 46.9 Å². The quantitative estimate of drug-likeness (QED) is 0.659. The third kappa shape index (κ3) is 4.61. The topological polar surface area (TPSA) is 71.3 Å². The van der Waals surface area contributed by atoms with Crippen molar-refractivity contribution in [3.05, 3.63) is 59.6 Å². The van der Waals surface area contributed by atoms with E-state index in [0.29, 0.717) is 17.0 Å². The minimum Gasteiger partial charge on any atom is -0.462 e. The molecule has 1 aromatic carbocycles. The highest BCUT2D eigenvalue weighted by atomic mass is 16.3. The zero-order chi connectivity index (χ0) is 16.7. The molecule has 0 saturated carbocycles. The van der Waals surface area contributed by atoms with E-state index in [1.807, 2.05) is 13.0 Å². The van der Waals surface area contributed by atoms with E-state index in [1.54, 1.807) is 36.4 Å². The first kappa shape index (κ1) is 16.1. The van der Waals surface area contributed by atoms with Crippen molar-refractivity contribution in [1.82, 2.24) is 5.32 Å². The van der Waals surface area contributed by atoms with Gasteiger partial charge in [-0.3, -0.25) is 9.59 Å². The van der Waals surface area contributed by atoms with Gasteiger partial charge in [0.2, 0.25) is 5.91 Å². The summed E-state index contributed by atoms with van der Waals surface area (Å²) in [7, 11) is 0. The number of hydrogen-bond donors (Lipinski definition) is 2. The van der Waals surface area contributed by atoms with Gasteiger partial charge in [0.05, 0.1) is 17.8 Å². The van der Waals surface area contributed by atoms with Gasteiger partial charge < -0.3 is 15.1 Å². The monoisotopic (exact) mass is 308 g/mol. The van der Waals surface area contributed by atoms with Gasteiger partial charge in [0.1, 0.15) is 11.5 Å². The van der Waals surface area contributed by atoms with E-state index in [2.05, 4.69) is 16.6 Å². The number of carbonyl (C=O) groups is 2. The molecule has 0 aliphatic heterocycles. The summed E-state index contributed by atoms with van der Waals surface area (Å²) in [5.74, 6) is 2.97. The van der Waals surface area contributed by atoms with Crippen LogP contribution in [0.1, 0.15) is 21.9 Å². The number of terminal acetylenes is 1. The minimum absolute atomic E-state index is 0.124. The van der Waals surface area contributed by atoms with Gasteiger partial charge in [0, 0.05) is 6.08 Å². The number of rotatable bonds is 5. The molecule has 0 saturated heterocycles. The second kappa shape index (κ2) is 7.66. The fourth-order valence-corrected chi connectivity index (χ4v) is 1.89. The van der Waals surface area contributed by atoms with Crippen molar-refractivity contribution in [1.29, 1.82) is 0 Å². The Morgan fingerprint density at radius 2 is 2.04 bits per heavy atom. The maximum atomic E-state index is 12.0. The predicted octanol–water partition coefficient (Wildman–Crippen LogP) is 2.60. The second-order valence-electron chi connectivity index (χ2n) is 4.70. The summed E-state index contributed by atoms with van der Waals surface area (Å²) in [4.78, 5) is 24.0. The van der Waals surface area contributed by atoms with Crippen molar-refractivity contribution in [2.24, 2.45) is 0 Å². The van der Waals surface area contributed by atoms with Crippen LogP contribution in [0.5, 0.6) is 0 Å². The lowest BCUT2D eigenvalue weighted by molar-refractivity contribution is -0.111. The maximum absolute atomic E-state index is 12.0. The Balaban J connectivity index is 2.07. The molecule has 5 nitrogen and oxygen atoms in total. The molecule has 0 radical (unpaired) electrons. The van der Waals surface area contributed by atoms with Crippen molar-refractivity contribution in [2.45, 2.75) is 6.92 Å². The molecule has 1 aromatic heterocycles. The summed E-state index contributed by atoms with van der Waals surface area (Å²) in [6, 6.07) is 10.3. The highest BCUT2D eigenvalue weighted by Crippen LogP contribution is 2.15. The highest BCUT2D eigenvalue weighted by molar-refractivity contribution is 6.07. The summed E-state index contributed by atoms with van der Waals surface area (Å²) in [6.45, 7) is 1.95. The number of carbonyl (C=O) groups excluding carboxylic acids is 2. The molecular formula is C18H16N2O3. The van der Waals surface area contributed by atoms with Gasteiger partial charge in [-0.05, 0) is 37.3 Å². The molecule has 1 heterocycles. The average Bonchev–Trinajstić information content (AvgIpc) is 2.96. The summed E-state index contributed by atoms with van der Waals surface area (Å²) in [5.41, 5.74) is 0.755. The molecule has 2 amide bonds. The molecule has 5 heteroatoms. The Morgan fingerprint density at radius 1 is 1.26 bits per heavy atom. The number of anilines is 1. The normalized spacial score (nSPS) is 10.3. The first-order chi connectivity index (χ1) is 11.1. The van der Waals surface area contributed by atoms with Crippen molar-refractivity contribution in [3.63, 3.8) is 0 Å². The van der Waals surface area contributed by atoms with Crippen LogP contribution in [0.25, 0.3) is 6.08 Å². The number of aryl methyl sites for hydroxylation is 1. The van der Waals surface area contributed by atoms with Gasteiger partial charge >= 0.3 is 0 Å². The van der Waals surface area contributed by atoms with Gasteiger partial charge in [-0.25, -0.2) is 0 Å². The van der Waals surface area contributed by atoms with Crippen LogP contribution in [0, 0.1) is 19.3 Å². The molecule has 2 aromatic rings. The van der Waals surface area contributed by atoms with Crippen LogP contribution in [0.3, 0.4) is 0 Å². The lowest BCUT2D eigenvalue weighted by Gasteiger charge is -2.09. The molecule has 0 atom stereocenters. The summed E-state index contributed by atoms with van der Waals surface area (Å²) >= 11 is 0. The Bertz CT molecular complexity index is 782. The van der Waals surface area contributed by atoms with Gasteiger partial charge in [0.15, 0.2) is 0 Å². The van der Waals surface area contributed by atoms with E-state index in [0.717, 1.165) is 5.76 Å². The SMILES string of the molecule is C#CCNC(=O)c1ccccc1NC(=O)/C=C/c1ccc(C)o1. The van der Waals surface area contributed by atoms with Crippen molar-refractivity contribution in [3.8, 4) is 12.3 Å². The summed E-state index contributed by atoms with van der Waals surface area (Å²) < 4.78 is 5.34. The molecule has 2 rings (SSSR count). The predicted molar refractivity (Wildman–Crippen MR) is 88.7 cm³/mol. The number of furan rings is 1. The summed E-state index contributed by atoms with van der Waals surface area (Å²) in [6.07, 6.45) is 8.02. The molecule has 0 unspecified atom stereocenters. The zero-order valence-electron chi connectivity index (χ0n) is 12.6. The van der Waals surface area contributed by atoms with E-state index in [4.69, 9.17) is 10.8 Å². The zero-order valence-corrected chi connectivity index (χ0v) is 12.6. The van der Waals surface area contributed by atoms with Crippen molar-refractivity contribution in [2.75, 3.05) is 11.9 Å². The molecule has 0 aliphatic rings. The smallest absolute Gasteiger partial charge is 0.254 e. The maximum Gasteiger partial charge on any atom is 0.254 e. The van der Waals surface area contributed by atoms with Crippen LogP contribution in [-0.2, 0) is 4.79 Å². The molecule has 2 N–H and O–H groups in total. The Morgan fingerprint density at radius 3 is 2.74 bits per heavy atom. The van der Waals surface area contributed by atoms with Crippen molar-refractivity contribution >= 4 is 23.6 Å². The highest BCUT2D eigenvalue weighted by Gasteiger charge is 2.11. The van der Waals surface area contributed by atoms with Crippen LogP contribution in [-0.4, -0.2) is 18.4 Å². The molecule has 116 valence electrons. The van der Waals surface area contributed by atoms with Crippen LogP contribution >= 0.6 is 0 Å². The lowest BCUT2D eigenvalue weighted by Crippen LogP contribution is -2.25. The molecule has 0 spiro atoms. The number of hydrogen-bond acceptors (Lipinski definition) is 3. The average molecular weight is 308 g/mol. The van der Waals surface area contributed by atoms with Gasteiger partial charge in [-0.1, -0.05) is 18.1 Å². The fourth-order valence-electron chi connectivity index (χ4n) is 1.89. The second-order valence-corrected chi connectivity index (χ2v) is 4.70. The summed E-state index contributed by atoms with van der Waals surface area (Å²) in [5, 5.41) is 5.23. The van der Waals surface area contributed by atoms with E-state index in [1.165, 1.54) is 6.08 Å². The Kier molecular flexibility index (Phi) is 5.37. The third-order valence-corrected chi connectivity index (χ3v) is 2.94. The first-order valence-electron chi connectivity index (χ1n) is 6.96. The van der Waals surface area contributed by atoms with Crippen LogP contribution < -0.4 is 10.6 Å². The standard InChI is InChI=1S/C18H16N2O3/c1-3-12-19-18(22)15-6-4-5-7-16(15)20-17(21)11-10-14-9-8-13(2)23-14/h1,4-11H,12H2,2H3,(H,19,22)(H,20,21)/b11-10+. The number of para-hydroxylation sites is 1. The molecule has 0 fully saturated rings. The van der Waals surface area contributed by atoms with Gasteiger partial charge in [-0.2, -0.15) is 0 Å². The molecular weight excluding hydrogens is 292 g/mol. The first-order valence-corrected chi connectivity index (χ1v) is 6.96. The Hall–Kier alpha value is -3.26. The van der Waals surface area contributed by atoms with Crippen molar-refractivity contribution < 1.29 is 14.0 Å². The van der Waals surface area contributed by atoms with E-state index in [9.17, 15) is 9.59 Å². The Labute approximate surface area is 134 Å². The van der Waals surface area contributed by atoms with Crippen LogP contribution in [0.2, 0.25) is 0 Å². The number of nitrogens with one attached hydrogen (secondary N) is 2. The van der Waals surface area contributed by atoms with E-state index >= 15 is 0 Å². The largest absolute Gasteiger partial charge is 0.462 e. The third-order valence-electron chi connectivity index (χ3n) is 2.94. The van der Waals surface area contributed by atoms with E-state index < -0.39 is 0 Å².